The highest BCUT2D eigenvalue weighted by atomic mass is 31.3. The lowest BCUT2D eigenvalue weighted by molar-refractivity contribution is -0.384. The van der Waals surface area contributed by atoms with Crippen molar-refractivity contribution in [3.63, 3.8) is 0 Å². The van der Waals surface area contributed by atoms with E-state index in [-0.39, 0.29) is 0 Å². The topological polar surface area (TPSA) is 510 Å². The second-order valence-corrected chi connectivity index (χ2v) is 25.0. The average molecular weight is 891 g/mol. The average Bonchev–Trinajstić information content (AvgIpc) is 2.76. The Morgan fingerprint density at radius 1 is 0.500 bits per heavy atom. The number of nitro groups is 1. The van der Waals surface area contributed by atoms with Crippen molar-refractivity contribution in [2.45, 2.75) is 34.6 Å². The van der Waals surface area contributed by atoms with Crippen molar-refractivity contribution in [1.82, 2.24) is 9.80 Å². The molecule has 0 saturated heterocycles. The van der Waals surface area contributed by atoms with Gasteiger partial charge in [0.2, 0.25) is 22.1 Å². The number of nitrogens with zero attached hydrogens (tertiary/aromatic N) is 3. The number of hydrogen-bond acceptors (Lipinski definition) is 12. The molecule has 0 aliphatic heterocycles. The van der Waals surface area contributed by atoms with Crippen LogP contribution < -0.4 is 0 Å². The zero-order valence-corrected chi connectivity index (χ0v) is 30.9. The molecule has 29 nitrogen and oxygen atoms in total. The summed E-state index contributed by atoms with van der Waals surface area (Å²) < 4.78 is 99.5. The van der Waals surface area contributed by atoms with Crippen molar-refractivity contribution in [1.29, 1.82) is 0 Å². The Labute approximate surface area is 277 Å². The van der Waals surface area contributed by atoms with Gasteiger partial charge in [-0.05, 0) is 12.0 Å². The molecule has 1 unspecified atom stereocenters. The van der Waals surface area contributed by atoms with Crippen LogP contribution in [0.1, 0.15) is 5.56 Å². The minimum absolute atomic E-state index is 0.587. The first-order valence-electron chi connectivity index (χ1n) is 11.9. The van der Waals surface area contributed by atoms with Crippen LogP contribution in [0.2, 0.25) is 0 Å². The third-order valence-electron chi connectivity index (χ3n) is 6.00. The van der Waals surface area contributed by atoms with E-state index in [1.807, 2.05) is 0 Å². The fourth-order valence-corrected chi connectivity index (χ4v) is 16.8. The number of nitro benzene ring substituents is 1. The van der Waals surface area contributed by atoms with Gasteiger partial charge in [-0.25, -0.2) is 0 Å². The molecule has 0 heterocycles. The van der Waals surface area contributed by atoms with Crippen LogP contribution in [0.3, 0.4) is 0 Å². The van der Waals surface area contributed by atoms with E-state index in [9.17, 15) is 125 Å². The van der Waals surface area contributed by atoms with Gasteiger partial charge < -0.3 is 78.3 Å². The van der Waals surface area contributed by atoms with E-state index < -0.39 is 128 Å². The van der Waals surface area contributed by atoms with Crippen LogP contribution in [-0.2, 0) is 42.9 Å². The highest BCUT2D eigenvalue weighted by Crippen LogP contribution is 2.71. The molecule has 16 N–H and O–H groups in total. The van der Waals surface area contributed by atoms with Crippen molar-refractivity contribution in [2.75, 3.05) is 6.54 Å². The normalized spacial score (nSPS) is 15.6. The molecule has 0 spiro atoms. The highest BCUT2D eigenvalue weighted by Gasteiger charge is 2.63. The number of benzene rings is 1. The van der Waals surface area contributed by atoms with Gasteiger partial charge in [0.1, 0.15) is 0 Å². The molecular weight excluding hydrogens is 862 g/mol. The van der Waals surface area contributed by atoms with Crippen molar-refractivity contribution in [3.05, 3.63) is 39.9 Å². The Morgan fingerprint density at radius 2 is 0.760 bits per heavy atom. The molecule has 0 amide bonds. The Balaban J connectivity index is 4.70. The SMILES string of the molecule is O=[N+]([O-])c1ccc(CC(CN(C(P(=O)(O)O)P(=O)(O)O)C(P(=O)(O)O)P(=O)(O)O)N(C(P(=O)(O)O)P(=O)(O)O)C(P(=O)(O)O)P(=O)(O)O)cc1. The van der Waals surface area contributed by atoms with Crippen molar-refractivity contribution in [2.24, 2.45) is 0 Å². The summed E-state index contributed by atoms with van der Waals surface area (Å²) >= 11 is 0. The lowest BCUT2D eigenvalue weighted by atomic mass is 10.0. The molecule has 0 aliphatic rings. The predicted molar refractivity (Wildman–Crippen MR) is 161 cm³/mol. The summed E-state index contributed by atoms with van der Waals surface area (Å²) in [5.74, 6) is 0. The summed E-state index contributed by atoms with van der Waals surface area (Å²) in [6.07, 6.45) is -1.58. The fraction of sp³-hybridized carbons (Fsp3) is 0.538. The first-order chi connectivity index (χ1) is 21.7. The quantitative estimate of drug-likeness (QED) is 0.0417. The minimum Gasteiger partial charge on any atom is -0.323 e. The first-order valence-corrected chi connectivity index (χ1v) is 25.4. The van der Waals surface area contributed by atoms with E-state index in [1.165, 1.54) is 0 Å². The van der Waals surface area contributed by atoms with Gasteiger partial charge in [0.05, 0.1) is 4.92 Å². The summed E-state index contributed by atoms with van der Waals surface area (Å²) in [6.45, 7) is -2.45. The van der Waals surface area contributed by atoms with Gasteiger partial charge in [-0.1, -0.05) is 12.1 Å². The maximum absolute atomic E-state index is 12.5. The third-order valence-corrected chi connectivity index (χ3v) is 20.3. The second kappa shape index (κ2) is 15.8. The van der Waals surface area contributed by atoms with Gasteiger partial charge in [0.15, 0.2) is 0 Å². The number of non-ortho nitro benzene ring substituents is 1. The molecule has 0 aromatic heterocycles. The van der Waals surface area contributed by atoms with Gasteiger partial charge in [-0.3, -0.25) is 56.4 Å². The van der Waals surface area contributed by atoms with E-state index >= 15 is 0 Å². The van der Waals surface area contributed by atoms with Crippen LogP contribution in [-0.4, -0.2) is 128 Å². The van der Waals surface area contributed by atoms with Gasteiger partial charge in [-0.15, -0.1) is 0 Å². The maximum atomic E-state index is 12.5. The van der Waals surface area contributed by atoms with Crippen LogP contribution in [0.4, 0.5) is 5.69 Å². The number of rotatable bonds is 18. The minimum atomic E-state index is -6.79. The van der Waals surface area contributed by atoms with E-state index in [2.05, 4.69) is 0 Å². The van der Waals surface area contributed by atoms with E-state index in [4.69, 9.17) is 0 Å². The molecule has 0 aliphatic carbocycles. The summed E-state index contributed by atoms with van der Waals surface area (Å²) in [7, 11) is -54.1. The third kappa shape index (κ3) is 13.0. The van der Waals surface area contributed by atoms with Gasteiger partial charge in [-0.2, -0.15) is 0 Å². The molecule has 0 radical (unpaired) electrons. The molecule has 1 rings (SSSR count). The molecular formula is C13H29N3O26P8. The molecule has 37 heteroatoms. The molecule has 292 valence electrons. The fourth-order valence-electron chi connectivity index (χ4n) is 4.59. The monoisotopic (exact) mass is 891 g/mol. The Kier molecular flexibility index (Phi) is 15.1. The van der Waals surface area contributed by atoms with Gasteiger partial charge in [0.25, 0.3) is 5.69 Å². The Morgan fingerprint density at radius 3 is 0.980 bits per heavy atom. The lowest BCUT2D eigenvalue weighted by Gasteiger charge is -2.46. The van der Waals surface area contributed by atoms with E-state index in [0.717, 1.165) is 0 Å². The molecule has 50 heavy (non-hydrogen) atoms. The largest absolute Gasteiger partial charge is 0.355 e. The molecule has 1 atom stereocenters. The summed E-state index contributed by atoms with van der Waals surface area (Å²) in [5, 5.41) is 11.1. The first kappa shape index (κ1) is 47.8. The predicted octanol–water partition coefficient (Wildman–Crippen LogP) is -2.33. The van der Waals surface area contributed by atoms with Crippen LogP contribution in [0.25, 0.3) is 0 Å². The van der Waals surface area contributed by atoms with E-state index in [1.54, 1.807) is 0 Å². The molecule has 1 aromatic carbocycles. The van der Waals surface area contributed by atoms with Gasteiger partial charge in [0, 0.05) is 24.7 Å². The van der Waals surface area contributed by atoms with Crippen LogP contribution in [0.15, 0.2) is 24.3 Å². The standard InChI is InChI=1S/C13H29N3O26P8/c17-16(18)8-3-1-7(2-4-8)5-9(15(12(47(31,32)33)48(34,35)36)13(49(37,38)39)50(40,41)42)6-14(10(43(19,20)21)44(22,23)24)11(45(25,26)27)46(28,29)30/h1-4,9-13H,5-6H2,(H2,19,20,21)(H2,22,23,24)(H2,25,26,27)(H2,28,29,30)(H2,31,32,33)(H2,34,35,36)(H2,37,38,39)(H2,40,41,42). The van der Waals surface area contributed by atoms with Gasteiger partial charge >= 0.3 is 60.8 Å². The molecule has 0 bridgehead atoms. The smallest absolute Gasteiger partial charge is 0.323 e. The van der Waals surface area contributed by atoms with Crippen molar-refractivity contribution < 1.29 is 120 Å². The summed E-state index contributed by atoms with van der Waals surface area (Å²) in [5.41, 5.74) is -18.1. The van der Waals surface area contributed by atoms with Crippen LogP contribution in [0.5, 0.6) is 0 Å². The van der Waals surface area contributed by atoms with Crippen molar-refractivity contribution in [3.8, 4) is 0 Å². The zero-order valence-electron chi connectivity index (χ0n) is 23.8. The lowest BCUT2D eigenvalue weighted by Crippen LogP contribution is -2.56. The van der Waals surface area contributed by atoms with Crippen LogP contribution >= 0.6 is 60.8 Å². The summed E-state index contributed by atoms with van der Waals surface area (Å²) in [6, 6.07) is -0.802. The Bertz CT molecular complexity index is 1600. The molecule has 0 saturated carbocycles. The second-order valence-electron chi connectivity index (χ2n) is 10.0. The maximum Gasteiger partial charge on any atom is 0.355 e. The molecule has 0 fully saturated rings. The Hall–Kier alpha value is -0.260. The molecule has 1 aromatic rings. The number of hydrogen-bond donors (Lipinski definition) is 16. The zero-order chi connectivity index (χ0) is 40.0. The van der Waals surface area contributed by atoms with Crippen molar-refractivity contribution >= 4 is 66.5 Å². The highest BCUT2D eigenvalue weighted by molar-refractivity contribution is 7.73. The van der Waals surface area contributed by atoms with E-state index in [0.29, 0.717) is 24.3 Å². The summed E-state index contributed by atoms with van der Waals surface area (Å²) in [4.78, 5) is 166. The van der Waals surface area contributed by atoms with Crippen LogP contribution in [0, 0.1) is 10.1 Å².